The van der Waals surface area contributed by atoms with E-state index in [4.69, 9.17) is 14.2 Å². The maximum absolute atomic E-state index is 9.25. The monoisotopic (exact) mass is 1920 g/mol. The Morgan fingerprint density at radius 3 is 0.577 bits per heavy atom. The summed E-state index contributed by atoms with van der Waals surface area (Å²) in [5.74, 6) is 2.53. The largest absolute Gasteiger partial charge is 0.497 e. The van der Waals surface area contributed by atoms with E-state index < -0.39 is 0 Å². The molecule has 8 heteroatoms. The Balaban J connectivity index is 0.000000134. The summed E-state index contributed by atoms with van der Waals surface area (Å²) in [7, 11) is 5.09. The molecule has 0 amide bonds. The highest BCUT2D eigenvalue weighted by atomic mass is 16.5. The van der Waals surface area contributed by atoms with Gasteiger partial charge < -0.3 is 28.9 Å². The number of aryl methyl sites for hydroxylation is 4. The first-order valence-electron chi connectivity index (χ1n) is 50.7. The van der Waals surface area contributed by atoms with Gasteiger partial charge in [-0.2, -0.15) is 10.5 Å². The summed E-state index contributed by atoms with van der Waals surface area (Å²) in [6, 6.07) is 177. The first-order valence-corrected chi connectivity index (χ1v) is 50.7. The van der Waals surface area contributed by atoms with Crippen molar-refractivity contribution < 1.29 is 14.2 Å². The molecule has 2 aliphatic carbocycles. The summed E-state index contributed by atoms with van der Waals surface area (Å²) >= 11 is 0. The van der Waals surface area contributed by atoms with Crippen LogP contribution in [-0.4, -0.2) is 21.3 Å². The molecule has 0 atom stereocenters. The Bertz CT molecular complexity index is 8030. The molecule has 8 nitrogen and oxygen atoms in total. The third-order valence-corrected chi connectivity index (χ3v) is 29.2. The Morgan fingerprint density at radius 1 is 0.174 bits per heavy atom. The minimum absolute atomic E-state index is 0.0225. The normalized spacial score (nSPS) is 12.0. The summed E-state index contributed by atoms with van der Waals surface area (Å²) in [6.07, 6.45) is 0. The van der Waals surface area contributed by atoms with Crippen LogP contribution in [0.2, 0.25) is 0 Å². The predicted octanol–water partition coefficient (Wildman–Crippen LogP) is 37.8. The number of methoxy groups -OCH3 is 3. The standard InChI is InChI=1S/C57H45NO3.C49H43N.C35H25N3/c1-59-49-34-22-43(23-35-49)55-13-7-4-10-52(55)40-16-28-46(29-17-40)58(47-30-18-41(19-31-47)53-11-5-8-14-56(53)44-24-36-50(60-2)37-25-44)48-32-20-42(21-33-48)54-12-6-9-15-57(54)45-26-38-51(61-3)39-27-45;1-32-25-33(2)28-40(27-32)37-13-20-43(21-14-37)50(44-22-15-38(16-23-44)41-29-34(3)26-35(4)30-41)42-18-11-36(12-19-42)39-17-24-46-45-9-7-8-10-47(45)49(5,6)48(46)31-39;1-35(2)33-6-4-3-5-31(33)32-20-13-27(21-34(32)35)26-11-18-30(19-12-26)38(28-14-7-24(22-36)8-15-28)29-16-9-25(23-37)10-17-29/h4-39H,1-3H3;7-31H,1-6H3;3-21H,1-2H3. The zero-order chi connectivity index (χ0) is 102. The number of hydrogen-bond donors (Lipinski definition) is 0. The molecular weight excluding hydrogens is 1810 g/mol. The molecule has 0 aliphatic heterocycles. The zero-order valence-corrected chi connectivity index (χ0v) is 85.6. The van der Waals surface area contributed by atoms with E-state index in [0.29, 0.717) is 11.1 Å². The molecule has 720 valence electrons. The van der Waals surface area contributed by atoms with Crippen molar-refractivity contribution in [3.8, 4) is 163 Å². The lowest BCUT2D eigenvalue weighted by Gasteiger charge is -2.26. The van der Waals surface area contributed by atoms with Crippen molar-refractivity contribution in [2.45, 2.75) is 66.2 Å². The average Bonchev–Trinajstić information content (AvgIpc) is 1.58. The van der Waals surface area contributed by atoms with Crippen LogP contribution >= 0.6 is 0 Å². The maximum atomic E-state index is 9.25. The van der Waals surface area contributed by atoms with E-state index in [1.54, 1.807) is 21.3 Å². The Labute approximate surface area is 875 Å². The highest BCUT2D eigenvalue weighted by Crippen LogP contribution is 2.53. The Hall–Kier alpha value is -18.6. The number of benzene rings is 21. The van der Waals surface area contributed by atoms with Gasteiger partial charge in [0.2, 0.25) is 0 Å². The zero-order valence-electron chi connectivity index (χ0n) is 85.6. The summed E-state index contributed by atoms with van der Waals surface area (Å²) in [5, 5.41) is 18.5. The molecule has 0 saturated carbocycles. The molecular formula is C141H113N5O3. The van der Waals surface area contributed by atoms with Crippen LogP contribution in [-0.2, 0) is 10.8 Å². The molecule has 21 aromatic rings. The number of rotatable bonds is 22. The van der Waals surface area contributed by atoms with E-state index in [-0.39, 0.29) is 10.8 Å². The van der Waals surface area contributed by atoms with Crippen molar-refractivity contribution in [2.75, 3.05) is 36.0 Å². The minimum atomic E-state index is -0.0378. The molecule has 21 aromatic carbocycles. The quantitative estimate of drug-likeness (QED) is 0.0664. The van der Waals surface area contributed by atoms with Gasteiger partial charge >= 0.3 is 0 Å². The van der Waals surface area contributed by atoms with Gasteiger partial charge in [0, 0.05) is 62.0 Å². The number of ether oxygens (including phenoxy) is 3. The molecule has 0 aromatic heterocycles. The van der Waals surface area contributed by atoms with Crippen LogP contribution in [0, 0.1) is 50.4 Å². The molecule has 0 spiro atoms. The first kappa shape index (κ1) is 96.5. The van der Waals surface area contributed by atoms with E-state index in [2.05, 4.69) is 483 Å². The lowest BCUT2D eigenvalue weighted by molar-refractivity contribution is 0.415. The van der Waals surface area contributed by atoms with Crippen molar-refractivity contribution in [3.05, 3.63) is 541 Å². The van der Waals surface area contributed by atoms with Gasteiger partial charge in [-0.25, -0.2) is 0 Å². The molecule has 149 heavy (non-hydrogen) atoms. The summed E-state index contributed by atoms with van der Waals surface area (Å²) in [6.45, 7) is 18.0. The molecule has 0 heterocycles. The molecule has 2 aliphatic rings. The molecule has 0 radical (unpaired) electrons. The van der Waals surface area contributed by atoms with E-state index in [0.717, 1.165) is 107 Å². The smallest absolute Gasteiger partial charge is 0.118 e. The Kier molecular flexibility index (Phi) is 27.2. The van der Waals surface area contributed by atoms with Crippen LogP contribution in [0.15, 0.2) is 485 Å². The molecule has 0 fully saturated rings. The van der Waals surface area contributed by atoms with E-state index in [9.17, 15) is 10.5 Å². The van der Waals surface area contributed by atoms with Gasteiger partial charge in [-0.05, 0) is 365 Å². The van der Waals surface area contributed by atoms with Crippen LogP contribution in [0.4, 0.5) is 51.2 Å². The van der Waals surface area contributed by atoms with E-state index in [1.807, 2.05) is 84.9 Å². The number of fused-ring (bicyclic) bond motifs is 6. The lowest BCUT2D eigenvalue weighted by Crippen LogP contribution is -2.14. The highest BCUT2D eigenvalue weighted by molar-refractivity contribution is 5.93. The number of nitrogens with zero attached hydrogens (tertiary/aromatic N) is 5. The fourth-order valence-electron chi connectivity index (χ4n) is 21.6. The summed E-state index contributed by atoms with van der Waals surface area (Å²) in [5.41, 5.74) is 50.3. The van der Waals surface area contributed by atoms with Gasteiger partial charge in [0.05, 0.1) is 44.6 Å². The van der Waals surface area contributed by atoms with Crippen LogP contribution in [0.3, 0.4) is 0 Å². The second kappa shape index (κ2) is 42.0. The fraction of sp³-hybridized carbons (Fsp3) is 0.0922. The van der Waals surface area contributed by atoms with Gasteiger partial charge in [-0.15, -0.1) is 0 Å². The van der Waals surface area contributed by atoms with Gasteiger partial charge in [-0.1, -0.05) is 353 Å². The van der Waals surface area contributed by atoms with Crippen LogP contribution in [0.5, 0.6) is 17.2 Å². The number of anilines is 9. The Morgan fingerprint density at radius 2 is 0.356 bits per heavy atom. The van der Waals surface area contributed by atoms with Crippen molar-refractivity contribution in [3.63, 3.8) is 0 Å². The third-order valence-electron chi connectivity index (χ3n) is 29.2. The average molecular weight is 1930 g/mol. The fourth-order valence-corrected chi connectivity index (χ4v) is 21.6. The third kappa shape index (κ3) is 20.0. The topological polar surface area (TPSA) is 85.0 Å². The molecule has 23 rings (SSSR count). The van der Waals surface area contributed by atoms with Crippen LogP contribution < -0.4 is 28.9 Å². The molecule has 0 N–H and O–H groups in total. The number of nitriles is 2. The van der Waals surface area contributed by atoms with E-state index in [1.165, 1.54) is 139 Å². The second-order valence-corrected chi connectivity index (χ2v) is 39.6. The van der Waals surface area contributed by atoms with Crippen molar-refractivity contribution in [1.82, 2.24) is 0 Å². The van der Waals surface area contributed by atoms with Gasteiger partial charge in [-0.3, -0.25) is 0 Å². The summed E-state index contributed by atoms with van der Waals surface area (Å²) in [4.78, 5) is 6.83. The van der Waals surface area contributed by atoms with Gasteiger partial charge in [0.1, 0.15) is 17.2 Å². The lowest BCUT2D eigenvalue weighted by atomic mass is 9.81. The second-order valence-electron chi connectivity index (χ2n) is 39.6. The number of hydrogen-bond acceptors (Lipinski definition) is 8. The van der Waals surface area contributed by atoms with Crippen LogP contribution in [0.1, 0.15) is 83.3 Å². The van der Waals surface area contributed by atoms with Crippen LogP contribution in [0.25, 0.3) is 134 Å². The van der Waals surface area contributed by atoms with Crippen molar-refractivity contribution in [1.29, 1.82) is 10.5 Å². The van der Waals surface area contributed by atoms with Gasteiger partial charge in [0.15, 0.2) is 0 Å². The van der Waals surface area contributed by atoms with Crippen molar-refractivity contribution >= 4 is 51.2 Å². The maximum Gasteiger partial charge on any atom is 0.118 e. The summed E-state index contributed by atoms with van der Waals surface area (Å²) < 4.78 is 16.3. The van der Waals surface area contributed by atoms with Gasteiger partial charge in [0.25, 0.3) is 0 Å². The predicted molar refractivity (Wildman–Crippen MR) is 621 cm³/mol. The molecule has 0 unspecified atom stereocenters. The molecule has 0 bridgehead atoms. The molecule has 0 saturated heterocycles. The minimum Gasteiger partial charge on any atom is -0.497 e. The van der Waals surface area contributed by atoms with Crippen molar-refractivity contribution in [2.24, 2.45) is 0 Å². The van der Waals surface area contributed by atoms with E-state index >= 15 is 0 Å². The SMILES string of the molecule is CC1(C)c2ccccc2-c2ccc(-c3ccc(N(c4ccc(C#N)cc4)c4ccc(C#N)cc4)cc3)cc21.COc1ccc(-c2ccccc2-c2ccc(N(c3ccc(-c4ccccc4-c4ccc(OC)cc4)cc3)c3ccc(-c4ccccc4-c4ccc(OC)cc4)cc3)cc2)cc1.Cc1cc(C)cc(-c2ccc(N(c3ccc(-c4cc(C)cc(C)c4)cc3)c3ccc(-c4ccc5c(c4)C(C)(C)c4ccccc4-5)cc3)cc2)c1. The highest BCUT2D eigenvalue weighted by Gasteiger charge is 2.37. The first-order chi connectivity index (χ1) is 72.7.